The molecule has 0 saturated carbocycles. The fourth-order valence-corrected chi connectivity index (χ4v) is 3.69. The molecule has 2 aliphatic heterocycles. The van der Waals surface area contributed by atoms with Crippen molar-refractivity contribution in [2.24, 2.45) is 0 Å². The van der Waals surface area contributed by atoms with Crippen LogP contribution in [-0.2, 0) is 0 Å². The molecular formula is C20H16N4O5. The van der Waals surface area contributed by atoms with Crippen molar-refractivity contribution in [1.82, 2.24) is 14.8 Å². The number of nitriles is 1. The molecule has 3 aromatic rings. The molecule has 1 fully saturated rings. The maximum atomic E-state index is 13.1. The van der Waals surface area contributed by atoms with Crippen LogP contribution in [0.4, 0.5) is 0 Å². The molecule has 1 aromatic carbocycles. The first-order chi connectivity index (χ1) is 14.2. The Kier molecular flexibility index (Phi) is 3.91. The average Bonchev–Trinajstić information content (AvgIpc) is 3.50. The highest BCUT2D eigenvalue weighted by Crippen LogP contribution is 2.37. The van der Waals surface area contributed by atoms with Gasteiger partial charge in [0.1, 0.15) is 11.8 Å². The second kappa shape index (κ2) is 6.60. The largest absolute Gasteiger partial charge is 0.459 e. The summed E-state index contributed by atoms with van der Waals surface area (Å²) in [6.45, 7) is 1.66. The summed E-state index contributed by atoms with van der Waals surface area (Å²) < 4.78 is 15.9. The number of amides is 2. The van der Waals surface area contributed by atoms with Crippen molar-refractivity contribution in [3.63, 3.8) is 0 Å². The number of aromatic nitrogens is 1. The lowest BCUT2D eigenvalue weighted by Crippen LogP contribution is -2.50. The molecule has 0 aliphatic carbocycles. The number of furan rings is 1. The highest BCUT2D eigenvalue weighted by molar-refractivity contribution is 6.03. The van der Waals surface area contributed by atoms with Gasteiger partial charge in [0.05, 0.1) is 17.3 Å². The molecule has 9 nitrogen and oxygen atoms in total. The standard InChI is InChI=1S/C20H16N4O5/c21-10-13-12-8-16-17(29-11-28-16)9-14(12)22-18(13)20(26)24-5-3-23(4-6-24)19(25)15-2-1-7-27-15/h1-2,7-9,22H,3-6,11H2. The van der Waals surface area contributed by atoms with E-state index in [1.807, 2.05) is 0 Å². The highest BCUT2D eigenvalue weighted by atomic mass is 16.7. The van der Waals surface area contributed by atoms with Gasteiger partial charge in [-0.25, -0.2) is 0 Å². The topological polar surface area (TPSA) is 112 Å². The lowest BCUT2D eigenvalue weighted by atomic mass is 10.1. The first-order valence-electron chi connectivity index (χ1n) is 9.13. The number of nitrogens with one attached hydrogen (secondary N) is 1. The van der Waals surface area contributed by atoms with Crippen LogP contribution < -0.4 is 9.47 Å². The van der Waals surface area contributed by atoms with Crippen molar-refractivity contribution in [1.29, 1.82) is 5.26 Å². The Morgan fingerprint density at radius 1 is 1.03 bits per heavy atom. The number of hydrogen-bond acceptors (Lipinski definition) is 6. The van der Waals surface area contributed by atoms with Crippen LogP contribution in [0.3, 0.4) is 0 Å². The number of ether oxygens (including phenoxy) is 2. The van der Waals surface area contributed by atoms with Crippen molar-refractivity contribution >= 4 is 22.7 Å². The molecule has 0 spiro atoms. The van der Waals surface area contributed by atoms with E-state index in [1.54, 1.807) is 34.1 Å². The lowest BCUT2D eigenvalue weighted by Gasteiger charge is -2.34. The zero-order chi connectivity index (χ0) is 20.0. The van der Waals surface area contributed by atoms with E-state index in [0.717, 1.165) is 0 Å². The SMILES string of the molecule is N#Cc1c(C(=O)N2CCN(C(=O)c3ccco3)CC2)[nH]c2cc3c(cc12)OCO3. The molecule has 1 saturated heterocycles. The van der Waals surface area contributed by atoms with E-state index in [1.165, 1.54) is 6.26 Å². The van der Waals surface area contributed by atoms with E-state index in [2.05, 4.69) is 11.1 Å². The van der Waals surface area contributed by atoms with Crippen LogP contribution >= 0.6 is 0 Å². The molecular weight excluding hydrogens is 376 g/mol. The van der Waals surface area contributed by atoms with E-state index in [9.17, 15) is 14.9 Å². The van der Waals surface area contributed by atoms with Gasteiger partial charge in [-0.3, -0.25) is 9.59 Å². The Morgan fingerprint density at radius 3 is 2.38 bits per heavy atom. The first-order valence-corrected chi connectivity index (χ1v) is 9.13. The smallest absolute Gasteiger partial charge is 0.289 e. The second-order valence-electron chi connectivity index (χ2n) is 6.80. The van der Waals surface area contributed by atoms with Gasteiger partial charge in [0, 0.05) is 37.6 Å². The molecule has 1 N–H and O–H groups in total. The second-order valence-corrected chi connectivity index (χ2v) is 6.80. The minimum Gasteiger partial charge on any atom is -0.459 e. The van der Waals surface area contributed by atoms with Gasteiger partial charge in [-0.15, -0.1) is 0 Å². The third-order valence-electron chi connectivity index (χ3n) is 5.20. The zero-order valence-corrected chi connectivity index (χ0v) is 15.3. The monoisotopic (exact) mass is 392 g/mol. The van der Waals surface area contributed by atoms with Crippen molar-refractivity contribution in [2.75, 3.05) is 33.0 Å². The summed E-state index contributed by atoms with van der Waals surface area (Å²) in [4.78, 5) is 31.8. The zero-order valence-electron chi connectivity index (χ0n) is 15.3. The fourth-order valence-electron chi connectivity index (χ4n) is 3.69. The van der Waals surface area contributed by atoms with Gasteiger partial charge in [-0.2, -0.15) is 5.26 Å². The number of nitrogens with zero attached hydrogens (tertiary/aromatic N) is 3. The third-order valence-corrected chi connectivity index (χ3v) is 5.20. The Bertz CT molecular complexity index is 1150. The predicted molar refractivity (Wildman–Crippen MR) is 99.7 cm³/mol. The molecule has 0 unspecified atom stereocenters. The Balaban J connectivity index is 1.37. The molecule has 4 heterocycles. The molecule has 5 rings (SSSR count). The number of carbonyl (C=O) groups is 2. The first kappa shape index (κ1) is 17.2. The number of H-pyrrole nitrogens is 1. The molecule has 9 heteroatoms. The van der Waals surface area contributed by atoms with Crippen molar-refractivity contribution in [3.8, 4) is 17.6 Å². The molecule has 0 bridgehead atoms. The third kappa shape index (κ3) is 2.77. The van der Waals surface area contributed by atoms with Crippen LogP contribution in [0, 0.1) is 11.3 Å². The van der Waals surface area contributed by atoms with E-state index in [4.69, 9.17) is 13.9 Å². The molecule has 29 heavy (non-hydrogen) atoms. The summed E-state index contributed by atoms with van der Waals surface area (Å²) in [5.74, 6) is 0.943. The van der Waals surface area contributed by atoms with Crippen molar-refractivity contribution in [3.05, 3.63) is 47.5 Å². The molecule has 146 valence electrons. The quantitative estimate of drug-likeness (QED) is 0.714. The van der Waals surface area contributed by atoms with Gasteiger partial charge >= 0.3 is 0 Å². The van der Waals surface area contributed by atoms with Crippen LogP contribution in [0.15, 0.2) is 34.9 Å². The minimum atomic E-state index is -0.273. The summed E-state index contributed by atoms with van der Waals surface area (Å²) in [5, 5.41) is 10.3. The Morgan fingerprint density at radius 2 is 1.72 bits per heavy atom. The van der Waals surface area contributed by atoms with Gasteiger partial charge in [0.15, 0.2) is 17.3 Å². The van der Waals surface area contributed by atoms with Crippen molar-refractivity contribution < 1.29 is 23.5 Å². The van der Waals surface area contributed by atoms with E-state index >= 15 is 0 Å². The van der Waals surface area contributed by atoms with Crippen LogP contribution in [0.25, 0.3) is 10.9 Å². The van der Waals surface area contributed by atoms with Gasteiger partial charge < -0.3 is 28.7 Å². The maximum Gasteiger partial charge on any atom is 0.289 e. The van der Waals surface area contributed by atoms with Gasteiger partial charge in [0.25, 0.3) is 11.8 Å². The van der Waals surface area contributed by atoms with E-state index in [0.29, 0.717) is 48.6 Å². The summed E-state index contributed by atoms with van der Waals surface area (Å²) in [6.07, 6.45) is 1.46. The Hall–Kier alpha value is -3.93. The molecule has 2 aromatic heterocycles. The number of benzene rings is 1. The van der Waals surface area contributed by atoms with Crippen LogP contribution in [-0.4, -0.2) is 59.6 Å². The lowest BCUT2D eigenvalue weighted by molar-refractivity contribution is 0.0515. The molecule has 0 radical (unpaired) electrons. The average molecular weight is 392 g/mol. The minimum absolute atomic E-state index is 0.136. The number of rotatable bonds is 2. The summed E-state index contributed by atoms with van der Waals surface area (Å²) in [5.41, 5.74) is 1.15. The summed E-state index contributed by atoms with van der Waals surface area (Å²) in [7, 11) is 0. The molecule has 2 aliphatic rings. The maximum absolute atomic E-state index is 13.1. The van der Waals surface area contributed by atoms with Gasteiger partial charge in [-0.05, 0) is 18.2 Å². The number of fused-ring (bicyclic) bond motifs is 2. The van der Waals surface area contributed by atoms with Gasteiger partial charge in [-0.1, -0.05) is 0 Å². The molecule has 2 amide bonds. The predicted octanol–water partition coefficient (Wildman–Crippen LogP) is 1.96. The summed E-state index contributed by atoms with van der Waals surface area (Å²) >= 11 is 0. The van der Waals surface area contributed by atoms with Crippen LogP contribution in [0.5, 0.6) is 11.5 Å². The van der Waals surface area contributed by atoms with Crippen LogP contribution in [0.2, 0.25) is 0 Å². The fraction of sp³-hybridized carbons (Fsp3) is 0.250. The Labute approximate surface area is 165 Å². The van der Waals surface area contributed by atoms with Gasteiger partial charge in [0.2, 0.25) is 6.79 Å². The number of hydrogen-bond donors (Lipinski definition) is 1. The number of carbonyl (C=O) groups excluding carboxylic acids is 2. The normalized spacial score (nSPS) is 15.6. The van der Waals surface area contributed by atoms with E-state index in [-0.39, 0.29) is 35.6 Å². The van der Waals surface area contributed by atoms with Crippen molar-refractivity contribution in [2.45, 2.75) is 0 Å². The van der Waals surface area contributed by atoms with Crippen LogP contribution in [0.1, 0.15) is 26.6 Å². The van der Waals surface area contributed by atoms with E-state index < -0.39 is 0 Å². The molecule has 0 atom stereocenters. The highest BCUT2D eigenvalue weighted by Gasteiger charge is 2.29. The summed E-state index contributed by atoms with van der Waals surface area (Å²) in [6, 6.07) is 8.85. The number of piperazine rings is 1. The number of aromatic amines is 1.